The molecular weight excluding hydrogens is 442 g/mol. The van der Waals surface area contributed by atoms with Gasteiger partial charge in [0, 0.05) is 23.5 Å². The van der Waals surface area contributed by atoms with E-state index in [-0.39, 0.29) is 25.3 Å². The molecule has 2 heterocycles. The van der Waals surface area contributed by atoms with Crippen molar-refractivity contribution in [2.45, 2.75) is 26.8 Å². The van der Waals surface area contributed by atoms with Crippen molar-refractivity contribution in [3.63, 3.8) is 0 Å². The molecule has 2 aliphatic rings. The molecule has 1 atom stereocenters. The first-order valence-corrected chi connectivity index (χ1v) is 11.1. The minimum Gasteiger partial charge on any atom is -0.463 e. The Labute approximate surface area is 197 Å². The third kappa shape index (κ3) is 4.49. The van der Waals surface area contributed by atoms with Crippen LogP contribution in [-0.4, -0.2) is 41.8 Å². The van der Waals surface area contributed by atoms with Crippen molar-refractivity contribution >= 4 is 34.9 Å². The number of thiocarbonyl (C=S) groups is 1. The fourth-order valence-corrected chi connectivity index (χ4v) is 4.27. The van der Waals surface area contributed by atoms with Gasteiger partial charge in [-0.2, -0.15) is 0 Å². The summed E-state index contributed by atoms with van der Waals surface area (Å²) < 4.78 is 15.9. The fourth-order valence-electron chi connectivity index (χ4n) is 3.89. The number of nitrogens with one attached hydrogen (secondary N) is 2. The molecular formula is C24H25N3O5S. The van der Waals surface area contributed by atoms with Gasteiger partial charge in [-0.3, -0.25) is 4.79 Å². The largest absolute Gasteiger partial charge is 0.463 e. The van der Waals surface area contributed by atoms with E-state index in [0.717, 1.165) is 11.3 Å². The Morgan fingerprint density at radius 2 is 1.88 bits per heavy atom. The summed E-state index contributed by atoms with van der Waals surface area (Å²) in [4.78, 5) is 27.3. The maximum Gasteiger partial charge on any atom is 0.338 e. The first kappa shape index (κ1) is 22.6. The summed E-state index contributed by atoms with van der Waals surface area (Å²) in [5.41, 5.74) is 3.20. The third-order valence-electron chi connectivity index (χ3n) is 5.54. The summed E-state index contributed by atoms with van der Waals surface area (Å²) in [6.07, 6.45) is 0. The summed E-state index contributed by atoms with van der Waals surface area (Å²) in [6, 6.07) is 11.9. The van der Waals surface area contributed by atoms with Crippen LogP contribution >= 0.6 is 12.2 Å². The number of benzene rings is 2. The van der Waals surface area contributed by atoms with E-state index >= 15 is 0 Å². The molecule has 0 radical (unpaired) electrons. The van der Waals surface area contributed by atoms with Crippen LogP contribution in [0.3, 0.4) is 0 Å². The highest BCUT2D eigenvalue weighted by Gasteiger charge is 2.34. The molecule has 0 fully saturated rings. The van der Waals surface area contributed by atoms with Gasteiger partial charge in [0.1, 0.15) is 0 Å². The van der Waals surface area contributed by atoms with Gasteiger partial charge in [0.25, 0.3) is 5.91 Å². The monoisotopic (exact) mass is 467 g/mol. The summed E-state index contributed by atoms with van der Waals surface area (Å²) in [5, 5.41) is 6.67. The zero-order valence-electron chi connectivity index (χ0n) is 18.6. The maximum atomic E-state index is 12.7. The van der Waals surface area contributed by atoms with E-state index in [9.17, 15) is 9.59 Å². The molecule has 9 heteroatoms. The third-order valence-corrected chi connectivity index (χ3v) is 5.88. The second-order valence-corrected chi connectivity index (χ2v) is 7.88. The van der Waals surface area contributed by atoms with Crippen molar-refractivity contribution < 1.29 is 23.8 Å². The van der Waals surface area contributed by atoms with E-state index in [2.05, 4.69) is 10.6 Å². The number of amides is 1. The van der Waals surface area contributed by atoms with Crippen LogP contribution in [0, 0.1) is 0 Å². The molecule has 2 aromatic rings. The van der Waals surface area contributed by atoms with Crippen molar-refractivity contribution in [2.24, 2.45) is 0 Å². The Morgan fingerprint density at radius 3 is 2.58 bits per heavy atom. The molecule has 0 bridgehead atoms. The Kier molecular flexibility index (Phi) is 6.50. The molecule has 172 valence electrons. The van der Waals surface area contributed by atoms with Gasteiger partial charge in [-0.05, 0) is 68.9 Å². The highest BCUT2D eigenvalue weighted by molar-refractivity contribution is 7.80. The summed E-state index contributed by atoms with van der Waals surface area (Å²) in [7, 11) is 0. The predicted octanol–water partition coefficient (Wildman–Crippen LogP) is 3.76. The van der Waals surface area contributed by atoms with Gasteiger partial charge < -0.3 is 29.7 Å². The Morgan fingerprint density at radius 1 is 1.15 bits per heavy atom. The lowest BCUT2D eigenvalue weighted by atomic mass is 9.95. The van der Waals surface area contributed by atoms with E-state index in [1.807, 2.05) is 30.9 Å². The highest BCUT2D eigenvalue weighted by Crippen LogP contribution is 2.34. The first-order valence-electron chi connectivity index (χ1n) is 10.7. The van der Waals surface area contributed by atoms with Crippen LogP contribution in [0.5, 0.6) is 11.5 Å². The van der Waals surface area contributed by atoms with Crippen LogP contribution in [-0.2, 0) is 9.53 Å². The summed E-state index contributed by atoms with van der Waals surface area (Å²) in [6.45, 7) is 6.69. The molecule has 4 rings (SSSR count). The van der Waals surface area contributed by atoms with Crippen molar-refractivity contribution in [3.05, 3.63) is 64.9 Å². The Hall–Kier alpha value is -3.59. The van der Waals surface area contributed by atoms with Gasteiger partial charge in [-0.15, -0.1) is 0 Å². The maximum absolute atomic E-state index is 12.7. The van der Waals surface area contributed by atoms with Crippen molar-refractivity contribution in [1.29, 1.82) is 0 Å². The zero-order chi connectivity index (χ0) is 23.5. The number of allylic oxidation sites excluding steroid dienone is 1. The molecule has 2 aliphatic heterocycles. The average molecular weight is 468 g/mol. The van der Waals surface area contributed by atoms with Crippen LogP contribution in [0.1, 0.15) is 42.7 Å². The number of rotatable bonds is 6. The van der Waals surface area contributed by atoms with Gasteiger partial charge in [-0.25, -0.2) is 4.79 Å². The van der Waals surface area contributed by atoms with Gasteiger partial charge in [-0.1, -0.05) is 12.1 Å². The number of esters is 1. The summed E-state index contributed by atoms with van der Waals surface area (Å²) in [5.74, 6) is 0.525. The number of carbonyl (C=O) groups excluding carboxylic acids is 2. The van der Waals surface area contributed by atoms with E-state index in [1.54, 1.807) is 37.3 Å². The molecule has 2 N–H and O–H groups in total. The minimum absolute atomic E-state index is 0.151. The number of hydrogen-bond donors (Lipinski definition) is 2. The van der Waals surface area contributed by atoms with Gasteiger partial charge in [0.15, 0.2) is 16.6 Å². The minimum atomic E-state index is -0.446. The van der Waals surface area contributed by atoms with Crippen molar-refractivity contribution in [2.75, 3.05) is 25.3 Å². The predicted molar refractivity (Wildman–Crippen MR) is 127 cm³/mol. The van der Waals surface area contributed by atoms with Gasteiger partial charge >= 0.3 is 5.97 Å². The molecule has 8 nitrogen and oxygen atoms in total. The van der Waals surface area contributed by atoms with Crippen LogP contribution in [0.25, 0.3) is 0 Å². The Balaban J connectivity index is 1.55. The molecule has 33 heavy (non-hydrogen) atoms. The van der Waals surface area contributed by atoms with E-state index < -0.39 is 6.04 Å². The van der Waals surface area contributed by atoms with E-state index in [0.29, 0.717) is 40.0 Å². The van der Waals surface area contributed by atoms with Gasteiger partial charge in [0.05, 0.1) is 18.2 Å². The summed E-state index contributed by atoms with van der Waals surface area (Å²) >= 11 is 5.51. The average Bonchev–Trinajstić information content (AvgIpc) is 3.27. The lowest BCUT2D eigenvalue weighted by Crippen LogP contribution is -2.47. The molecule has 0 aromatic heterocycles. The number of nitrogens with zero attached hydrogens (tertiary/aromatic N) is 1. The van der Waals surface area contributed by atoms with E-state index in [1.165, 1.54) is 0 Å². The molecule has 0 saturated carbocycles. The second kappa shape index (κ2) is 9.50. The number of anilines is 1. The van der Waals surface area contributed by atoms with Crippen LogP contribution in [0.2, 0.25) is 0 Å². The Bertz CT molecular complexity index is 1130. The SMILES string of the molecule is CCOC(=O)C1=C(C)N(CC)C(=S)NC1c1ccc(NC(=O)c2ccc3c(c2)OCO3)cc1. The first-order chi connectivity index (χ1) is 15.9. The number of carbonyl (C=O) groups is 2. The number of ether oxygens (including phenoxy) is 3. The topological polar surface area (TPSA) is 89.1 Å². The zero-order valence-corrected chi connectivity index (χ0v) is 19.5. The lowest BCUT2D eigenvalue weighted by Gasteiger charge is -2.37. The molecule has 0 spiro atoms. The van der Waals surface area contributed by atoms with Gasteiger partial charge in [0.2, 0.25) is 6.79 Å². The molecule has 1 unspecified atom stereocenters. The molecule has 1 amide bonds. The lowest BCUT2D eigenvalue weighted by molar-refractivity contribution is -0.139. The quantitative estimate of drug-likeness (QED) is 0.491. The smallest absolute Gasteiger partial charge is 0.338 e. The van der Waals surface area contributed by atoms with Crippen LogP contribution in [0.4, 0.5) is 5.69 Å². The van der Waals surface area contributed by atoms with Crippen molar-refractivity contribution in [3.8, 4) is 11.5 Å². The molecule has 2 aromatic carbocycles. The van der Waals surface area contributed by atoms with E-state index in [4.69, 9.17) is 26.4 Å². The standard InChI is InChI=1S/C24H25N3O5S/c1-4-27-14(3)20(23(29)30-5-2)21(26-24(27)33)15-6-9-17(10-7-15)25-22(28)16-8-11-18-19(12-16)32-13-31-18/h6-12,21H,4-5,13H2,1-3H3,(H,25,28)(H,26,33). The molecule has 0 saturated heterocycles. The highest BCUT2D eigenvalue weighted by atomic mass is 32.1. The van der Waals surface area contributed by atoms with Crippen LogP contribution in [0.15, 0.2) is 53.7 Å². The second-order valence-electron chi connectivity index (χ2n) is 7.49. The normalized spacial score (nSPS) is 17.0. The number of hydrogen-bond acceptors (Lipinski definition) is 6. The van der Waals surface area contributed by atoms with Crippen molar-refractivity contribution in [1.82, 2.24) is 10.2 Å². The molecule has 0 aliphatic carbocycles. The number of fused-ring (bicyclic) bond motifs is 1. The van der Waals surface area contributed by atoms with Crippen LogP contribution < -0.4 is 20.1 Å². The fraction of sp³-hybridized carbons (Fsp3) is 0.292.